The summed E-state index contributed by atoms with van der Waals surface area (Å²) in [7, 11) is 5.63. The Kier molecular flexibility index (Phi) is 6.89. The lowest BCUT2D eigenvalue weighted by atomic mass is 10.2. The van der Waals surface area contributed by atoms with Gasteiger partial charge in [0.2, 0.25) is 5.89 Å². The number of rotatable bonds is 8. The third kappa shape index (κ3) is 5.24. The van der Waals surface area contributed by atoms with E-state index in [2.05, 4.69) is 26.2 Å². The lowest BCUT2D eigenvalue weighted by Crippen LogP contribution is -2.46. The second-order valence-electron chi connectivity index (χ2n) is 7.12. The maximum atomic E-state index is 12.1. The van der Waals surface area contributed by atoms with Crippen LogP contribution in [0.3, 0.4) is 0 Å². The number of ether oxygens (including phenoxy) is 1. The molecule has 152 valence electrons. The zero-order valence-electron chi connectivity index (χ0n) is 16.9. The molecule has 0 bridgehead atoms. The van der Waals surface area contributed by atoms with E-state index in [1.807, 2.05) is 37.2 Å². The molecule has 8 heteroatoms. The van der Waals surface area contributed by atoms with Crippen molar-refractivity contribution in [3.8, 4) is 5.75 Å². The molecule has 1 fully saturated rings. The Balaban J connectivity index is 1.49. The van der Waals surface area contributed by atoms with Gasteiger partial charge in [0.1, 0.15) is 12.0 Å². The molecule has 28 heavy (non-hydrogen) atoms. The lowest BCUT2D eigenvalue weighted by molar-refractivity contribution is 0.0946. The number of nitrogens with zero attached hydrogens (tertiary/aromatic N) is 4. The number of hydrogen-bond donors (Lipinski definition) is 1. The highest BCUT2D eigenvalue weighted by Gasteiger charge is 2.21. The summed E-state index contributed by atoms with van der Waals surface area (Å²) in [6.07, 6.45) is 1.44. The average Bonchev–Trinajstić information content (AvgIpc) is 3.17. The summed E-state index contributed by atoms with van der Waals surface area (Å²) in [5.41, 5.74) is 1.46. The van der Waals surface area contributed by atoms with Gasteiger partial charge < -0.3 is 24.3 Å². The predicted octanol–water partition coefficient (Wildman–Crippen LogP) is 1.30. The average molecular weight is 387 g/mol. The van der Waals surface area contributed by atoms with Gasteiger partial charge in [0, 0.05) is 39.3 Å². The summed E-state index contributed by atoms with van der Waals surface area (Å²) in [4.78, 5) is 23.1. The van der Waals surface area contributed by atoms with Gasteiger partial charge in [0.05, 0.1) is 19.3 Å². The molecule has 0 saturated carbocycles. The van der Waals surface area contributed by atoms with E-state index in [-0.39, 0.29) is 5.91 Å². The Hall–Kier alpha value is -2.58. The van der Waals surface area contributed by atoms with E-state index in [1.54, 1.807) is 7.11 Å². The van der Waals surface area contributed by atoms with Crippen LogP contribution >= 0.6 is 0 Å². The van der Waals surface area contributed by atoms with Crippen molar-refractivity contribution in [2.45, 2.75) is 6.54 Å². The van der Waals surface area contributed by atoms with Crippen molar-refractivity contribution in [3.63, 3.8) is 0 Å². The fourth-order valence-corrected chi connectivity index (χ4v) is 3.20. The number of carbonyl (C=O) groups is 1. The molecule has 1 aromatic carbocycles. The molecule has 0 aliphatic carbocycles. The van der Waals surface area contributed by atoms with Gasteiger partial charge in [0.15, 0.2) is 5.69 Å². The second-order valence-corrected chi connectivity index (χ2v) is 7.12. The number of para-hydroxylation sites is 2. The molecule has 1 aliphatic heterocycles. The van der Waals surface area contributed by atoms with Crippen LogP contribution in [0.4, 0.5) is 5.69 Å². The van der Waals surface area contributed by atoms with Crippen molar-refractivity contribution in [3.05, 3.63) is 42.1 Å². The van der Waals surface area contributed by atoms with Gasteiger partial charge in [-0.05, 0) is 26.2 Å². The Morgan fingerprint density at radius 3 is 2.71 bits per heavy atom. The molecular formula is C20H29N5O3. The van der Waals surface area contributed by atoms with Gasteiger partial charge in [-0.25, -0.2) is 4.98 Å². The Labute approximate surface area is 166 Å². The fraction of sp³-hybridized carbons (Fsp3) is 0.500. The highest BCUT2D eigenvalue weighted by Crippen LogP contribution is 2.28. The van der Waals surface area contributed by atoms with Crippen LogP contribution in [0.25, 0.3) is 0 Å². The van der Waals surface area contributed by atoms with Crippen LogP contribution in [-0.4, -0.2) is 81.2 Å². The third-order valence-electron chi connectivity index (χ3n) is 4.79. The summed E-state index contributed by atoms with van der Waals surface area (Å²) in [5, 5.41) is 2.85. The minimum absolute atomic E-state index is 0.196. The molecule has 8 nitrogen and oxygen atoms in total. The maximum Gasteiger partial charge on any atom is 0.273 e. The van der Waals surface area contributed by atoms with Gasteiger partial charge >= 0.3 is 0 Å². The number of benzene rings is 1. The first-order chi connectivity index (χ1) is 13.6. The summed E-state index contributed by atoms with van der Waals surface area (Å²) in [5.74, 6) is 1.27. The van der Waals surface area contributed by atoms with E-state index in [1.165, 1.54) is 6.26 Å². The van der Waals surface area contributed by atoms with Crippen LogP contribution in [0, 0.1) is 0 Å². The normalized spacial score (nSPS) is 15.1. The third-order valence-corrected chi connectivity index (χ3v) is 4.79. The summed E-state index contributed by atoms with van der Waals surface area (Å²) in [6, 6.07) is 8.08. The van der Waals surface area contributed by atoms with Crippen LogP contribution < -0.4 is 15.0 Å². The summed E-state index contributed by atoms with van der Waals surface area (Å²) in [6.45, 7) is 5.56. The number of oxazole rings is 1. The van der Waals surface area contributed by atoms with E-state index in [9.17, 15) is 4.79 Å². The van der Waals surface area contributed by atoms with E-state index in [4.69, 9.17) is 9.15 Å². The van der Waals surface area contributed by atoms with Crippen LogP contribution in [0.15, 0.2) is 34.9 Å². The predicted molar refractivity (Wildman–Crippen MR) is 108 cm³/mol. The number of hydrogen-bond acceptors (Lipinski definition) is 7. The van der Waals surface area contributed by atoms with Crippen LogP contribution in [0.1, 0.15) is 16.4 Å². The van der Waals surface area contributed by atoms with E-state index < -0.39 is 0 Å². The Bertz CT molecular complexity index is 769. The molecule has 0 radical (unpaired) electrons. The Morgan fingerprint density at radius 2 is 2.00 bits per heavy atom. The van der Waals surface area contributed by atoms with Crippen molar-refractivity contribution in [2.75, 3.05) is 65.4 Å². The first-order valence-corrected chi connectivity index (χ1v) is 9.54. The van der Waals surface area contributed by atoms with Crippen LogP contribution in [-0.2, 0) is 6.54 Å². The zero-order chi connectivity index (χ0) is 19.9. The van der Waals surface area contributed by atoms with Crippen molar-refractivity contribution in [2.24, 2.45) is 0 Å². The van der Waals surface area contributed by atoms with Crippen molar-refractivity contribution < 1.29 is 13.9 Å². The summed E-state index contributed by atoms with van der Waals surface area (Å²) >= 11 is 0. The number of amides is 1. The molecular weight excluding hydrogens is 358 g/mol. The number of piperazine rings is 1. The molecule has 0 atom stereocenters. The van der Waals surface area contributed by atoms with Gasteiger partial charge in [0.25, 0.3) is 5.91 Å². The second kappa shape index (κ2) is 9.57. The first-order valence-electron chi connectivity index (χ1n) is 9.54. The van der Waals surface area contributed by atoms with Gasteiger partial charge in [-0.15, -0.1) is 0 Å². The molecule has 2 aromatic rings. The number of methoxy groups -OCH3 is 1. The van der Waals surface area contributed by atoms with Crippen molar-refractivity contribution in [1.29, 1.82) is 0 Å². The molecule has 1 N–H and O–H groups in total. The van der Waals surface area contributed by atoms with Crippen LogP contribution in [0.2, 0.25) is 0 Å². The standard InChI is InChI=1S/C20H29N5O3/c1-23(2)9-8-21-20(26)16-15-28-19(22-16)14-24-10-12-25(13-11-24)17-6-4-5-7-18(17)27-3/h4-7,15H,8-14H2,1-3H3,(H,21,26). The molecule has 0 spiro atoms. The Morgan fingerprint density at radius 1 is 1.25 bits per heavy atom. The number of likely N-dealkylation sites (N-methyl/N-ethyl adjacent to an activating group) is 1. The largest absolute Gasteiger partial charge is 0.495 e. The van der Waals surface area contributed by atoms with Gasteiger partial charge in [-0.3, -0.25) is 9.69 Å². The van der Waals surface area contributed by atoms with Crippen molar-refractivity contribution >= 4 is 11.6 Å². The van der Waals surface area contributed by atoms with Gasteiger partial charge in [-0.2, -0.15) is 0 Å². The fourth-order valence-electron chi connectivity index (χ4n) is 3.20. The topological polar surface area (TPSA) is 74.1 Å². The number of aromatic nitrogens is 1. The van der Waals surface area contributed by atoms with E-state index in [0.29, 0.717) is 24.7 Å². The minimum Gasteiger partial charge on any atom is -0.495 e. The molecule has 2 heterocycles. The first kappa shape index (κ1) is 20.2. The monoisotopic (exact) mass is 387 g/mol. The van der Waals surface area contributed by atoms with E-state index >= 15 is 0 Å². The molecule has 1 saturated heterocycles. The SMILES string of the molecule is COc1ccccc1N1CCN(Cc2nc(C(=O)NCCN(C)C)co2)CC1. The van der Waals surface area contributed by atoms with Gasteiger partial charge in [-0.1, -0.05) is 12.1 Å². The van der Waals surface area contributed by atoms with Crippen LogP contribution in [0.5, 0.6) is 5.75 Å². The van der Waals surface area contributed by atoms with E-state index in [0.717, 1.165) is 44.2 Å². The maximum absolute atomic E-state index is 12.1. The molecule has 0 unspecified atom stereocenters. The smallest absolute Gasteiger partial charge is 0.273 e. The highest BCUT2D eigenvalue weighted by molar-refractivity contribution is 5.91. The number of carbonyl (C=O) groups excluding carboxylic acids is 1. The number of nitrogens with one attached hydrogen (secondary N) is 1. The molecule has 1 amide bonds. The highest BCUT2D eigenvalue weighted by atomic mass is 16.5. The minimum atomic E-state index is -0.196. The molecule has 1 aliphatic rings. The summed E-state index contributed by atoms with van der Waals surface area (Å²) < 4.78 is 11.0. The molecule has 1 aromatic heterocycles. The quantitative estimate of drug-likeness (QED) is 0.732. The lowest BCUT2D eigenvalue weighted by Gasteiger charge is -2.36. The van der Waals surface area contributed by atoms with Crippen molar-refractivity contribution in [1.82, 2.24) is 20.1 Å². The molecule has 3 rings (SSSR count). The number of anilines is 1. The zero-order valence-corrected chi connectivity index (χ0v) is 16.9.